The van der Waals surface area contributed by atoms with E-state index in [1.165, 1.54) is 0 Å². The van der Waals surface area contributed by atoms with E-state index in [9.17, 15) is 20.1 Å². The van der Waals surface area contributed by atoms with Crippen molar-refractivity contribution in [3.63, 3.8) is 0 Å². The number of hydrogen-bond donors (Lipinski definition) is 4. The first-order chi connectivity index (χ1) is 11.0. The third-order valence-corrected chi connectivity index (χ3v) is 3.37. The van der Waals surface area contributed by atoms with E-state index in [1.54, 1.807) is 6.08 Å². The quantitative estimate of drug-likeness (QED) is 0.250. The predicted molar refractivity (Wildman–Crippen MR) is 89.8 cm³/mol. The second kappa shape index (κ2) is 14.3. The van der Waals surface area contributed by atoms with Crippen LogP contribution in [-0.4, -0.2) is 44.7 Å². The maximum atomic E-state index is 10.4. The summed E-state index contributed by atoms with van der Waals surface area (Å²) in [6, 6.07) is 0. The zero-order chi connectivity index (χ0) is 17.5. The first kappa shape index (κ1) is 21.6. The lowest BCUT2D eigenvalue weighted by Crippen LogP contribution is -2.12. The fraction of sp³-hybridized carbons (Fsp3) is 0.722. The molecule has 3 unspecified atom stereocenters. The van der Waals surface area contributed by atoms with Gasteiger partial charge in [-0.05, 0) is 31.8 Å². The van der Waals surface area contributed by atoms with Gasteiger partial charge in [0.1, 0.15) is 12.2 Å². The Kier molecular flexibility index (Phi) is 13.4. The largest absolute Gasteiger partial charge is 0.481 e. The predicted octanol–water partition coefficient (Wildman–Crippen LogP) is 2.24. The van der Waals surface area contributed by atoms with Crippen molar-refractivity contribution in [2.75, 3.05) is 0 Å². The van der Waals surface area contributed by atoms with E-state index in [2.05, 4.69) is 11.8 Å². The van der Waals surface area contributed by atoms with Crippen LogP contribution in [0.2, 0.25) is 0 Å². The molecule has 0 heterocycles. The molecule has 0 amide bonds. The van der Waals surface area contributed by atoms with Crippen LogP contribution in [0.15, 0.2) is 12.2 Å². The smallest absolute Gasteiger partial charge is 0.305 e. The number of aliphatic carboxylic acids is 1. The molecular formula is C18H30O5. The van der Waals surface area contributed by atoms with Gasteiger partial charge >= 0.3 is 5.97 Å². The van der Waals surface area contributed by atoms with Crippen molar-refractivity contribution in [1.29, 1.82) is 0 Å². The summed E-state index contributed by atoms with van der Waals surface area (Å²) in [7, 11) is 0. The van der Waals surface area contributed by atoms with Gasteiger partial charge in [-0.3, -0.25) is 4.79 Å². The summed E-state index contributed by atoms with van der Waals surface area (Å²) >= 11 is 0. The van der Waals surface area contributed by atoms with Crippen LogP contribution in [0.25, 0.3) is 0 Å². The molecule has 0 fully saturated rings. The molecule has 0 aliphatic heterocycles. The minimum Gasteiger partial charge on any atom is -0.481 e. The number of carboxylic acids is 1. The fourth-order valence-corrected chi connectivity index (χ4v) is 2.05. The van der Waals surface area contributed by atoms with Crippen LogP contribution in [0.4, 0.5) is 0 Å². The highest BCUT2D eigenvalue weighted by atomic mass is 16.4. The lowest BCUT2D eigenvalue weighted by atomic mass is 10.1. The third kappa shape index (κ3) is 15.3. The van der Waals surface area contributed by atoms with Crippen LogP contribution in [0.1, 0.15) is 64.7 Å². The molecule has 0 aromatic rings. The van der Waals surface area contributed by atoms with E-state index in [-0.39, 0.29) is 6.42 Å². The van der Waals surface area contributed by atoms with Crippen molar-refractivity contribution in [2.24, 2.45) is 0 Å². The lowest BCUT2D eigenvalue weighted by molar-refractivity contribution is -0.139. The van der Waals surface area contributed by atoms with E-state index in [0.717, 1.165) is 38.5 Å². The van der Waals surface area contributed by atoms with Crippen LogP contribution in [0.3, 0.4) is 0 Å². The highest BCUT2D eigenvalue weighted by molar-refractivity contribution is 5.67. The maximum Gasteiger partial charge on any atom is 0.305 e. The maximum absolute atomic E-state index is 10.4. The molecule has 5 nitrogen and oxygen atoms in total. The van der Waals surface area contributed by atoms with Gasteiger partial charge in [-0.15, -0.1) is 0 Å². The first-order valence-corrected chi connectivity index (χ1v) is 8.39. The Morgan fingerprint density at radius 1 is 1.04 bits per heavy atom. The van der Waals surface area contributed by atoms with Crippen molar-refractivity contribution >= 4 is 5.97 Å². The number of aliphatic hydroxyl groups excluding tert-OH is 3. The van der Waals surface area contributed by atoms with E-state index in [4.69, 9.17) is 5.11 Å². The molecule has 0 saturated carbocycles. The average molecular weight is 326 g/mol. The highest BCUT2D eigenvalue weighted by Crippen LogP contribution is 2.08. The molecule has 132 valence electrons. The van der Waals surface area contributed by atoms with Crippen molar-refractivity contribution < 1.29 is 25.2 Å². The van der Waals surface area contributed by atoms with Gasteiger partial charge in [-0.2, -0.15) is 0 Å². The van der Waals surface area contributed by atoms with Crippen LogP contribution in [0.5, 0.6) is 0 Å². The molecule has 0 saturated heterocycles. The molecule has 0 bridgehead atoms. The zero-order valence-electron chi connectivity index (χ0n) is 13.9. The number of carbonyl (C=O) groups is 1. The Morgan fingerprint density at radius 2 is 1.78 bits per heavy atom. The van der Waals surface area contributed by atoms with Crippen LogP contribution >= 0.6 is 0 Å². The minimum atomic E-state index is -0.977. The Bertz CT molecular complexity index is 394. The van der Waals surface area contributed by atoms with Gasteiger partial charge < -0.3 is 20.4 Å². The van der Waals surface area contributed by atoms with E-state index in [1.807, 2.05) is 13.0 Å². The molecule has 0 rings (SSSR count). The molecule has 0 radical (unpaired) electrons. The van der Waals surface area contributed by atoms with Gasteiger partial charge in [0.15, 0.2) is 0 Å². The van der Waals surface area contributed by atoms with Gasteiger partial charge in [0.25, 0.3) is 0 Å². The molecule has 5 heteroatoms. The summed E-state index contributed by atoms with van der Waals surface area (Å²) in [5.74, 6) is 4.26. The number of unbranched alkanes of at least 4 members (excludes halogenated alkanes) is 4. The standard InChI is InChI=1S/C18H30O5/c1-2-3-9-15(19)12-13-16(20)10-7-5-4-6-8-11-17(21)14-18(22)23/h7,10,15-17,19-21H,2-6,8-9,11,14H2,1H3,(H,22,23)/b10-7-. The Balaban J connectivity index is 3.70. The number of aliphatic hydroxyl groups is 3. The molecule has 4 N–H and O–H groups in total. The van der Waals surface area contributed by atoms with E-state index >= 15 is 0 Å². The third-order valence-electron chi connectivity index (χ3n) is 3.37. The Morgan fingerprint density at radius 3 is 2.43 bits per heavy atom. The average Bonchev–Trinajstić information content (AvgIpc) is 2.49. The topological polar surface area (TPSA) is 98.0 Å². The summed E-state index contributed by atoms with van der Waals surface area (Å²) in [5, 5.41) is 37.1. The van der Waals surface area contributed by atoms with Gasteiger partial charge in [-0.25, -0.2) is 0 Å². The molecule has 0 aliphatic rings. The Hall–Kier alpha value is -1.35. The fourth-order valence-electron chi connectivity index (χ4n) is 2.05. The number of allylic oxidation sites excluding steroid dienone is 1. The van der Waals surface area contributed by atoms with Crippen LogP contribution in [-0.2, 0) is 4.79 Å². The SMILES string of the molecule is CCCCC(O)C#CC(O)/C=C\CCCCCC(O)CC(=O)O. The molecule has 0 spiro atoms. The minimum absolute atomic E-state index is 0.200. The van der Waals surface area contributed by atoms with E-state index in [0.29, 0.717) is 12.8 Å². The van der Waals surface area contributed by atoms with Crippen LogP contribution in [0, 0.1) is 11.8 Å². The highest BCUT2D eigenvalue weighted by Gasteiger charge is 2.08. The second-order valence-electron chi connectivity index (χ2n) is 5.71. The van der Waals surface area contributed by atoms with Crippen molar-refractivity contribution in [2.45, 2.75) is 83.0 Å². The zero-order valence-corrected chi connectivity index (χ0v) is 13.9. The summed E-state index contributed by atoms with van der Waals surface area (Å²) < 4.78 is 0. The number of rotatable bonds is 12. The second-order valence-corrected chi connectivity index (χ2v) is 5.71. The monoisotopic (exact) mass is 326 g/mol. The summed E-state index contributed by atoms with van der Waals surface area (Å²) in [5.41, 5.74) is 0. The van der Waals surface area contributed by atoms with Crippen molar-refractivity contribution in [3.8, 4) is 11.8 Å². The molecule has 23 heavy (non-hydrogen) atoms. The van der Waals surface area contributed by atoms with Crippen LogP contribution < -0.4 is 0 Å². The summed E-state index contributed by atoms with van der Waals surface area (Å²) in [6.07, 6.45) is 7.43. The first-order valence-electron chi connectivity index (χ1n) is 8.39. The summed E-state index contributed by atoms with van der Waals surface area (Å²) in [4.78, 5) is 10.4. The van der Waals surface area contributed by atoms with E-state index < -0.39 is 24.3 Å². The molecular weight excluding hydrogens is 296 g/mol. The van der Waals surface area contributed by atoms with Gasteiger partial charge in [0, 0.05) is 0 Å². The van der Waals surface area contributed by atoms with Crippen molar-refractivity contribution in [1.82, 2.24) is 0 Å². The molecule has 0 aromatic heterocycles. The normalized spacial score (nSPS) is 15.0. The Labute approximate surface area is 139 Å². The van der Waals surface area contributed by atoms with Gasteiger partial charge in [0.2, 0.25) is 0 Å². The molecule has 0 aromatic carbocycles. The number of carboxylic acid groups (broad SMARTS) is 1. The molecule has 3 atom stereocenters. The number of hydrogen-bond acceptors (Lipinski definition) is 4. The lowest BCUT2D eigenvalue weighted by Gasteiger charge is -2.06. The van der Waals surface area contributed by atoms with Crippen molar-refractivity contribution in [3.05, 3.63) is 12.2 Å². The summed E-state index contributed by atoms with van der Waals surface area (Å²) in [6.45, 7) is 2.05. The molecule has 0 aliphatic carbocycles. The van der Waals surface area contributed by atoms with Gasteiger partial charge in [-0.1, -0.05) is 50.5 Å². The van der Waals surface area contributed by atoms with Gasteiger partial charge in [0.05, 0.1) is 12.5 Å².